The molecular weight excluding hydrogens is 373 g/mol. The van der Waals surface area contributed by atoms with Crippen LogP contribution >= 0.6 is 23.2 Å². The minimum atomic E-state index is -0.809. The number of nitro benzene ring substituents is 1. The molecule has 0 atom stereocenters. The number of oxazole rings is 1. The van der Waals surface area contributed by atoms with Gasteiger partial charge >= 0.3 is 5.76 Å². The summed E-state index contributed by atoms with van der Waals surface area (Å²) in [4.78, 5) is 34.4. The van der Waals surface area contributed by atoms with Crippen LogP contribution in [-0.2, 0) is 11.3 Å². The zero-order chi connectivity index (χ0) is 18.1. The number of nitrogens with zero attached hydrogens (tertiary/aromatic N) is 2. The van der Waals surface area contributed by atoms with E-state index >= 15 is 0 Å². The maximum absolute atomic E-state index is 12.2. The molecule has 1 aromatic heterocycles. The molecule has 3 rings (SSSR count). The van der Waals surface area contributed by atoms with Crippen LogP contribution in [0.4, 0.5) is 11.4 Å². The second-order valence-corrected chi connectivity index (χ2v) is 5.82. The Morgan fingerprint density at radius 2 is 1.92 bits per heavy atom. The Labute approximate surface area is 149 Å². The molecule has 1 heterocycles. The average molecular weight is 382 g/mol. The molecule has 0 unspecified atom stereocenters. The standard InChI is InChI=1S/C15H9Cl2N3O5/c16-9-2-1-3-10(17)14(9)18-13(21)7-19-11-6-8(20(23)24)4-5-12(11)25-15(19)22/h1-6H,7H2,(H,18,21). The Bertz CT molecular complexity index is 1040. The van der Waals surface area contributed by atoms with Gasteiger partial charge < -0.3 is 9.73 Å². The van der Waals surface area contributed by atoms with E-state index in [9.17, 15) is 19.7 Å². The molecule has 0 radical (unpaired) electrons. The lowest BCUT2D eigenvalue weighted by molar-refractivity contribution is -0.384. The molecule has 0 aliphatic carbocycles. The first-order valence-corrected chi connectivity index (χ1v) is 7.64. The van der Waals surface area contributed by atoms with Gasteiger partial charge in [0.25, 0.3) is 5.69 Å². The van der Waals surface area contributed by atoms with Crippen LogP contribution in [0.3, 0.4) is 0 Å². The number of carbonyl (C=O) groups excluding carboxylic acids is 1. The summed E-state index contributed by atoms with van der Waals surface area (Å²) in [5.41, 5.74) is 0.262. The highest BCUT2D eigenvalue weighted by atomic mass is 35.5. The number of hydrogen-bond acceptors (Lipinski definition) is 5. The Morgan fingerprint density at radius 1 is 1.24 bits per heavy atom. The van der Waals surface area contributed by atoms with Gasteiger partial charge in [0.1, 0.15) is 6.54 Å². The summed E-state index contributed by atoms with van der Waals surface area (Å²) >= 11 is 12.0. The minimum absolute atomic E-state index is 0.138. The molecule has 0 fully saturated rings. The number of benzene rings is 2. The van der Waals surface area contributed by atoms with E-state index in [1.165, 1.54) is 12.1 Å². The van der Waals surface area contributed by atoms with Crippen LogP contribution in [0.15, 0.2) is 45.6 Å². The highest BCUT2D eigenvalue weighted by Crippen LogP contribution is 2.29. The third kappa shape index (κ3) is 3.35. The molecule has 0 saturated heterocycles. The van der Waals surface area contributed by atoms with Crippen molar-refractivity contribution >= 4 is 51.6 Å². The molecule has 0 aliphatic heterocycles. The van der Waals surface area contributed by atoms with Crippen molar-refractivity contribution in [3.05, 3.63) is 67.1 Å². The lowest BCUT2D eigenvalue weighted by Crippen LogP contribution is -2.25. The second kappa shape index (κ2) is 6.58. The van der Waals surface area contributed by atoms with Gasteiger partial charge in [-0.15, -0.1) is 0 Å². The van der Waals surface area contributed by atoms with Crippen molar-refractivity contribution in [2.45, 2.75) is 6.54 Å². The van der Waals surface area contributed by atoms with Crippen LogP contribution in [0.1, 0.15) is 0 Å². The summed E-state index contributed by atoms with van der Waals surface area (Å²) in [6.07, 6.45) is 0. The summed E-state index contributed by atoms with van der Waals surface area (Å²) in [6.45, 7) is -0.422. The number of anilines is 1. The van der Waals surface area contributed by atoms with Crippen LogP contribution in [0.25, 0.3) is 11.1 Å². The lowest BCUT2D eigenvalue weighted by atomic mass is 10.3. The topological polar surface area (TPSA) is 107 Å². The van der Waals surface area contributed by atoms with Gasteiger partial charge in [0.15, 0.2) is 5.58 Å². The number of para-hydroxylation sites is 1. The Morgan fingerprint density at radius 3 is 2.56 bits per heavy atom. The van der Waals surface area contributed by atoms with Gasteiger partial charge in [-0.25, -0.2) is 4.79 Å². The van der Waals surface area contributed by atoms with Crippen molar-refractivity contribution in [1.29, 1.82) is 0 Å². The maximum Gasteiger partial charge on any atom is 0.420 e. The number of nitrogens with one attached hydrogen (secondary N) is 1. The minimum Gasteiger partial charge on any atom is -0.408 e. The molecule has 10 heteroatoms. The number of rotatable bonds is 4. The molecule has 3 aromatic rings. The van der Waals surface area contributed by atoms with Crippen molar-refractivity contribution in [3.63, 3.8) is 0 Å². The monoisotopic (exact) mass is 381 g/mol. The fourth-order valence-electron chi connectivity index (χ4n) is 2.25. The Hall–Kier alpha value is -2.84. The van der Waals surface area contributed by atoms with Crippen LogP contribution in [0.5, 0.6) is 0 Å². The molecule has 2 aromatic carbocycles. The first kappa shape index (κ1) is 17.0. The van der Waals surface area contributed by atoms with E-state index in [1.54, 1.807) is 18.2 Å². The highest BCUT2D eigenvalue weighted by Gasteiger charge is 2.17. The summed E-state index contributed by atoms with van der Waals surface area (Å²) in [7, 11) is 0. The molecule has 1 amide bonds. The van der Waals surface area contributed by atoms with Crippen molar-refractivity contribution in [2.24, 2.45) is 0 Å². The summed E-state index contributed by atoms with van der Waals surface area (Å²) in [5.74, 6) is -1.40. The van der Waals surface area contributed by atoms with Gasteiger partial charge in [-0.3, -0.25) is 19.5 Å². The molecular formula is C15H9Cl2N3O5. The molecule has 0 bridgehead atoms. The fraction of sp³-hybridized carbons (Fsp3) is 0.0667. The van der Waals surface area contributed by atoms with Crippen LogP contribution in [0.2, 0.25) is 10.0 Å². The largest absolute Gasteiger partial charge is 0.420 e. The summed E-state index contributed by atoms with van der Waals surface area (Å²) in [6, 6.07) is 8.38. The van der Waals surface area contributed by atoms with Crippen molar-refractivity contribution in [3.8, 4) is 0 Å². The molecule has 8 nitrogen and oxygen atoms in total. The molecule has 0 spiro atoms. The third-order valence-corrected chi connectivity index (χ3v) is 4.02. The third-order valence-electron chi connectivity index (χ3n) is 3.39. The van der Waals surface area contributed by atoms with E-state index in [4.69, 9.17) is 27.6 Å². The van der Waals surface area contributed by atoms with Gasteiger partial charge in [0.05, 0.1) is 26.2 Å². The van der Waals surface area contributed by atoms with Gasteiger partial charge in [-0.1, -0.05) is 29.3 Å². The normalized spacial score (nSPS) is 10.8. The van der Waals surface area contributed by atoms with Gasteiger partial charge in [0.2, 0.25) is 5.91 Å². The van der Waals surface area contributed by atoms with E-state index in [-0.39, 0.29) is 32.5 Å². The van der Waals surface area contributed by atoms with Crippen molar-refractivity contribution in [2.75, 3.05) is 5.32 Å². The number of fused-ring (bicyclic) bond motifs is 1. The smallest absolute Gasteiger partial charge is 0.408 e. The van der Waals surface area contributed by atoms with Crippen LogP contribution in [0, 0.1) is 10.1 Å². The van der Waals surface area contributed by atoms with Gasteiger partial charge in [-0.2, -0.15) is 0 Å². The maximum atomic E-state index is 12.2. The Balaban J connectivity index is 1.93. The number of amides is 1. The van der Waals surface area contributed by atoms with Crippen molar-refractivity contribution in [1.82, 2.24) is 4.57 Å². The van der Waals surface area contributed by atoms with Crippen LogP contribution in [-0.4, -0.2) is 15.4 Å². The average Bonchev–Trinajstić information content (AvgIpc) is 2.86. The number of non-ortho nitro benzene ring substituents is 1. The molecule has 0 aliphatic rings. The van der Waals surface area contributed by atoms with E-state index in [2.05, 4.69) is 5.32 Å². The zero-order valence-electron chi connectivity index (χ0n) is 12.4. The van der Waals surface area contributed by atoms with E-state index in [0.717, 1.165) is 10.6 Å². The number of halogens is 2. The van der Waals surface area contributed by atoms with Gasteiger partial charge in [0, 0.05) is 12.1 Å². The van der Waals surface area contributed by atoms with E-state index in [1.807, 2.05) is 0 Å². The first-order valence-electron chi connectivity index (χ1n) is 6.88. The predicted molar refractivity (Wildman–Crippen MR) is 92.2 cm³/mol. The summed E-state index contributed by atoms with van der Waals surface area (Å²) in [5, 5.41) is 13.9. The fourth-order valence-corrected chi connectivity index (χ4v) is 2.75. The van der Waals surface area contributed by atoms with E-state index < -0.39 is 23.1 Å². The number of aromatic nitrogens is 1. The SMILES string of the molecule is O=C(Cn1c(=O)oc2ccc([N+](=O)[O-])cc21)Nc1c(Cl)cccc1Cl. The predicted octanol–water partition coefficient (Wildman–Crippen LogP) is 3.45. The van der Waals surface area contributed by atoms with Crippen molar-refractivity contribution < 1.29 is 14.1 Å². The first-order chi connectivity index (χ1) is 11.9. The number of hydrogen-bond donors (Lipinski definition) is 1. The van der Waals surface area contributed by atoms with Gasteiger partial charge in [-0.05, 0) is 18.2 Å². The molecule has 25 heavy (non-hydrogen) atoms. The summed E-state index contributed by atoms with van der Waals surface area (Å²) < 4.78 is 5.97. The molecule has 0 saturated carbocycles. The number of carbonyl (C=O) groups is 1. The highest BCUT2D eigenvalue weighted by molar-refractivity contribution is 6.39. The van der Waals surface area contributed by atoms with Crippen LogP contribution < -0.4 is 11.1 Å². The molecule has 1 N–H and O–H groups in total. The number of nitro groups is 1. The lowest BCUT2D eigenvalue weighted by Gasteiger charge is -2.09. The second-order valence-electron chi connectivity index (χ2n) is 5.01. The quantitative estimate of drug-likeness (QED) is 0.549. The Kier molecular flexibility index (Phi) is 4.47. The van der Waals surface area contributed by atoms with E-state index in [0.29, 0.717) is 0 Å². The molecule has 128 valence electrons. The zero-order valence-corrected chi connectivity index (χ0v) is 13.9.